The maximum absolute atomic E-state index is 12.2. The van der Waals surface area contributed by atoms with Crippen LogP contribution in [0.25, 0.3) is 0 Å². The first-order valence-electron chi connectivity index (χ1n) is 9.50. The molecule has 1 aromatic carbocycles. The van der Waals surface area contributed by atoms with Crippen LogP contribution in [0.2, 0.25) is 0 Å². The molecule has 1 aromatic rings. The number of hydrogen-bond acceptors (Lipinski definition) is 3. The normalized spacial score (nSPS) is 19.1. The predicted octanol–water partition coefficient (Wildman–Crippen LogP) is 2.88. The third kappa shape index (κ3) is 5.45. The van der Waals surface area contributed by atoms with Crippen LogP contribution in [0.5, 0.6) is 0 Å². The van der Waals surface area contributed by atoms with Crippen molar-refractivity contribution in [2.45, 2.75) is 45.6 Å². The Kier molecular flexibility index (Phi) is 7.91. The van der Waals surface area contributed by atoms with Gasteiger partial charge >= 0.3 is 0 Å². The molecular weight excluding hydrogens is 350 g/mol. The number of rotatable bonds is 6. The number of benzene rings is 1. The minimum absolute atomic E-state index is 0. The summed E-state index contributed by atoms with van der Waals surface area (Å²) in [6.45, 7) is 5.69. The summed E-state index contributed by atoms with van der Waals surface area (Å²) in [6, 6.07) is 7.94. The number of piperidine rings is 1. The van der Waals surface area contributed by atoms with Crippen molar-refractivity contribution in [3.05, 3.63) is 29.8 Å². The van der Waals surface area contributed by atoms with Crippen LogP contribution < -0.4 is 15.5 Å². The molecule has 2 aliphatic rings. The van der Waals surface area contributed by atoms with Gasteiger partial charge in [0.05, 0.1) is 0 Å². The van der Waals surface area contributed by atoms with Crippen LogP contribution in [0.3, 0.4) is 0 Å². The second-order valence-corrected chi connectivity index (χ2v) is 7.36. The fraction of sp³-hybridized carbons (Fsp3) is 0.600. The zero-order valence-corrected chi connectivity index (χ0v) is 16.3. The molecule has 1 unspecified atom stereocenters. The van der Waals surface area contributed by atoms with E-state index < -0.39 is 0 Å². The molecule has 0 radical (unpaired) electrons. The van der Waals surface area contributed by atoms with Crippen molar-refractivity contribution < 1.29 is 9.59 Å². The summed E-state index contributed by atoms with van der Waals surface area (Å²) in [7, 11) is 0. The minimum atomic E-state index is 0. The van der Waals surface area contributed by atoms with E-state index in [1.807, 2.05) is 29.2 Å². The fourth-order valence-electron chi connectivity index (χ4n) is 3.86. The molecular formula is C20H30ClN3O2. The highest BCUT2D eigenvalue weighted by Crippen LogP contribution is 2.24. The molecule has 0 bridgehead atoms. The highest BCUT2D eigenvalue weighted by molar-refractivity contribution is 5.95. The van der Waals surface area contributed by atoms with Gasteiger partial charge in [-0.2, -0.15) is 0 Å². The van der Waals surface area contributed by atoms with E-state index in [0.717, 1.165) is 37.3 Å². The van der Waals surface area contributed by atoms with Crippen molar-refractivity contribution >= 4 is 29.9 Å². The van der Waals surface area contributed by atoms with Gasteiger partial charge < -0.3 is 15.5 Å². The second kappa shape index (κ2) is 9.93. The zero-order chi connectivity index (χ0) is 17.6. The van der Waals surface area contributed by atoms with Gasteiger partial charge in [-0.15, -0.1) is 12.4 Å². The molecule has 144 valence electrons. The van der Waals surface area contributed by atoms with Gasteiger partial charge in [-0.1, -0.05) is 19.1 Å². The summed E-state index contributed by atoms with van der Waals surface area (Å²) >= 11 is 0. The highest BCUT2D eigenvalue weighted by Gasteiger charge is 2.22. The van der Waals surface area contributed by atoms with E-state index in [2.05, 4.69) is 17.6 Å². The van der Waals surface area contributed by atoms with E-state index in [0.29, 0.717) is 31.2 Å². The summed E-state index contributed by atoms with van der Waals surface area (Å²) in [5, 5.41) is 6.40. The first-order chi connectivity index (χ1) is 12.1. The van der Waals surface area contributed by atoms with Crippen molar-refractivity contribution in [1.82, 2.24) is 10.6 Å². The van der Waals surface area contributed by atoms with Crippen molar-refractivity contribution in [2.75, 3.05) is 24.5 Å². The Balaban J connectivity index is 0.00000243. The molecule has 2 amide bonds. The molecule has 2 aliphatic heterocycles. The Morgan fingerprint density at radius 2 is 1.96 bits per heavy atom. The van der Waals surface area contributed by atoms with E-state index in [1.54, 1.807) is 0 Å². The van der Waals surface area contributed by atoms with Gasteiger partial charge in [-0.25, -0.2) is 0 Å². The van der Waals surface area contributed by atoms with Crippen molar-refractivity contribution in [3.63, 3.8) is 0 Å². The van der Waals surface area contributed by atoms with Gasteiger partial charge in [0.2, 0.25) is 11.8 Å². The molecule has 3 rings (SSSR count). The van der Waals surface area contributed by atoms with Crippen LogP contribution in [0, 0.1) is 11.8 Å². The lowest BCUT2D eigenvalue weighted by Crippen LogP contribution is -2.33. The average molecular weight is 380 g/mol. The highest BCUT2D eigenvalue weighted by atomic mass is 35.5. The minimum Gasteiger partial charge on any atom is -0.352 e. The Morgan fingerprint density at radius 1 is 1.27 bits per heavy atom. The van der Waals surface area contributed by atoms with E-state index in [1.165, 1.54) is 12.8 Å². The Bertz CT molecular complexity index is 600. The number of halogens is 1. The molecule has 2 heterocycles. The number of amides is 2. The maximum Gasteiger partial charge on any atom is 0.227 e. The van der Waals surface area contributed by atoms with E-state index in [9.17, 15) is 9.59 Å². The summed E-state index contributed by atoms with van der Waals surface area (Å²) in [5.41, 5.74) is 2.02. The largest absolute Gasteiger partial charge is 0.352 e. The van der Waals surface area contributed by atoms with Crippen LogP contribution in [0.4, 0.5) is 5.69 Å². The molecule has 2 saturated heterocycles. The predicted molar refractivity (Wildman–Crippen MR) is 106 cm³/mol. The lowest BCUT2D eigenvalue weighted by molar-refractivity contribution is -0.122. The average Bonchev–Trinajstić information content (AvgIpc) is 3.07. The summed E-state index contributed by atoms with van der Waals surface area (Å²) in [5.74, 6) is 1.42. The van der Waals surface area contributed by atoms with Gasteiger partial charge in [0.1, 0.15) is 0 Å². The smallest absolute Gasteiger partial charge is 0.227 e. The van der Waals surface area contributed by atoms with Crippen LogP contribution in [-0.4, -0.2) is 31.4 Å². The van der Waals surface area contributed by atoms with Crippen molar-refractivity contribution in [1.29, 1.82) is 0 Å². The van der Waals surface area contributed by atoms with Crippen LogP contribution in [0.1, 0.15) is 44.6 Å². The molecule has 0 aliphatic carbocycles. The Morgan fingerprint density at radius 3 is 2.58 bits per heavy atom. The lowest BCUT2D eigenvalue weighted by atomic mass is 9.84. The SMILES string of the molecule is CC(CC(=O)NCc1ccc(N2CCCC2=O)cc1)C1CCNCC1.Cl. The van der Waals surface area contributed by atoms with Gasteiger partial charge in [0.15, 0.2) is 0 Å². The second-order valence-electron chi connectivity index (χ2n) is 7.36. The van der Waals surface area contributed by atoms with Gasteiger partial charge in [0.25, 0.3) is 0 Å². The summed E-state index contributed by atoms with van der Waals surface area (Å²) < 4.78 is 0. The first-order valence-corrected chi connectivity index (χ1v) is 9.50. The molecule has 2 N–H and O–H groups in total. The van der Waals surface area contributed by atoms with E-state index in [4.69, 9.17) is 0 Å². The van der Waals surface area contributed by atoms with Gasteiger partial charge in [-0.05, 0) is 61.9 Å². The fourth-order valence-corrected chi connectivity index (χ4v) is 3.86. The van der Waals surface area contributed by atoms with Gasteiger partial charge in [-0.3, -0.25) is 9.59 Å². The van der Waals surface area contributed by atoms with Gasteiger partial charge in [0, 0.05) is 31.6 Å². The van der Waals surface area contributed by atoms with Crippen molar-refractivity contribution in [3.8, 4) is 0 Å². The lowest BCUT2D eigenvalue weighted by Gasteiger charge is -2.27. The monoisotopic (exact) mass is 379 g/mol. The van der Waals surface area contributed by atoms with Crippen LogP contribution >= 0.6 is 12.4 Å². The van der Waals surface area contributed by atoms with Crippen LogP contribution in [0.15, 0.2) is 24.3 Å². The number of anilines is 1. The zero-order valence-electron chi connectivity index (χ0n) is 15.5. The first kappa shape index (κ1) is 20.7. The number of nitrogens with one attached hydrogen (secondary N) is 2. The van der Waals surface area contributed by atoms with E-state index >= 15 is 0 Å². The molecule has 0 saturated carbocycles. The molecule has 0 spiro atoms. The maximum atomic E-state index is 12.2. The quantitative estimate of drug-likeness (QED) is 0.798. The molecule has 0 aromatic heterocycles. The molecule has 6 heteroatoms. The van der Waals surface area contributed by atoms with Crippen LogP contribution in [-0.2, 0) is 16.1 Å². The Hall–Kier alpha value is -1.59. The topological polar surface area (TPSA) is 61.4 Å². The summed E-state index contributed by atoms with van der Waals surface area (Å²) in [6.07, 6.45) is 4.53. The van der Waals surface area contributed by atoms with Crippen molar-refractivity contribution in [2.24, 2.45) is 11.8 Å². The Labute approximate surface area is 162 Å². The molecule has 1 atom stereocenters. The number of nitrogens with zero attached hydrogens (tertiary/aromatic N) is 1. The third-order valence-electron chi connectivity index (χ3n) is 5.51. The number of hydrogen-bond donors (Lipinski definition) is 2. The standard InChI is InChI=1S/C20H29N3O2.ClH/c1-15(17-8-10-21-11-9-17)13-19(24)22-14-16-4-6-18(7-5-16)23-12-2-3-20(23)25;/h4-7,15,17,21H,2-3,8-14H2,1H3,(H,22,24);1H. The molecule has 5 nitrogen and oxygen atoms in total. The number of carbonyl (C=O) groups excluding carboxylic acids is 2. The summed E-state index contributed by atoms with van der Waals surface area (Å²) in [4.78, 5) is 25.8. The molecule has 2 fully saturated rings. The third-order valence-corrected chi connectivity index (χ3v) is 5.51. The molecule has 26 heavy (non-hydrogen) atoms. The number of carbonyl (C=O) groups is 2. The van der Waals surface area contributed by atoms with E-state index in [-0.39, 0.29) is 24.2 Å².